The van der Waals surface area contributed by atoms with Gasteiger partial charge in [0.1, 0.15) is 5.75 Å². The summed E-state index contributed by atoms with van der Waals surface area (Å²) < 4.78 is 0. The Balaban J connectivity index is 1.94. The second-order valence-electron chi connectivity index (χ2n) is 4.50. The number of rotatable bonds is 2. The Morgan fingerprint density at radius 3 is 2.65 bits per heavy atom. The van der Waals surface area contributed by atoms with Gasteiger partial charge in [-0.2, -0.15) is 0 Å². The lowest BCUT2D eigenvalue weighted by Gasteiger charge is -2.00. The van der Waals surface area contributed by atoms with Crippen molar-refractivity contribution in [1.82, 2.24) is 4.98 Å². The molecule has 0 unspecified atom stereocenters. The normalized spacial score (nSPS) is 11.2. The minimum atomic E-state index is 0.255. The molecule has 0 saturated heterocycles. The molecule has 0 atom stereocenters. The van der Waals surface area contributed by atoms with E-state index in [1.54, 1.807) is 12.1 Å². The van der Waals surface area contributed by atoms with Crippen LogP contribution in [0.1, 0.15) is 11.3 Å². The molecule has 0 amide bonds. The molecule has 0 aliphatic heterocycles. The van der Waals surface area contributed by atoms with Crippen molar-refractivity contribution in [2.45, 2.75) is 0 Å². The molecule has 1 N–H and O–H groups in total. The second kappa shape index (κ2) is 5.35. The number of hydrogen-bond donors (Lipinski definition) is 1. The minimum Gasteiger partial charge on any atom is -0.508 e. The van der Waals surface area contributed by atoms with Crippen molar-refractivity contribution < 1.29 is 5.11 Å². The van der Waals surface area contributed by atoms with Gasteiger partial charge in [-0.15, -0.1) is 0 Å². The van der Waals surface area contributed by atoms with Crippen LogP contribution in [0.4, 0.5) is 0 Å². The van der Waals surface area contributed by atoms with Gasteiger partial charge in [0.15, 0.2) is 0 Å². The maximum absolute atomic E-state index is 9.42. The van der Waals surface area contributed by atoms with Crippen molar-refractivity contribution in [3.63, 3.8) is 0 Å². The molecule has 1 aromatic heterocycles. The Kier molecular flexibility index (Phi) is 3.40. The lowest BCUT2D eigenvalue weighted by molar-refractivity contribution is 0.475. The van der Waals surface area contributed by atoms with Crippen LogP contribution in [0.15, 0.2) is 54.6 Å². The first-order valence-electron chi connectivity index (χ1n) is 6.24. The SMILES string of the molecule is Oc1cccc(C=Cc2ccc3ccc(Cl)cc3n2)c1. The van der Waals surface area contributed by atoms with E-state index in [0.29, 0.717) is 5.02 Å². The Bertz CT molecular complexity index is 796. The predicted octanol–water partition coefficient (Wildman–Crippen LogP) is 4.76. The number of phenols is 1. The molecule has 0 bridgehead atoms. The quantitative estimate of drug-likeness (QED) is 0.734. The average molecular weight is 282 g/mol. The largest absolute Gasteiger partial charge is 0.508 e. The first kappa shape index (κ1) is 12.7. The molecule has 3 heteroatoms. The summed E-state index contributed by atoms with van der Waals surface area (Å²) in [5.74, 6) is 0.255. The summed E-state index contributed by atoms with van der Waals surface area (Å²) in [4.78, 5) is 4.54. The van der Waals surface area contributed by atoms with Crippen molar-refractivity contribution in [3.8, 4) is 5.75 Å². The number of aromatic hydroxyl groups is 1. The molecule has 0 fully saturated rings. The number of fused-ring (bicyclic) bond motifs is 1. The fourth-order valence-corrected chi connectivity index (χ4v) is 2.18. The Labute approximate surface area is 122 Å². The van der Waals surface area contributed by atoms with Crippen LogP contribution in [0.25, 0.3) is 23.1 Å². The van der Waals surface area contributed by atoms with Crippen molar-refractivity contribution in [2.75, 3.05) is 0 Å². The van der Waals surface area contributed by atoms with Crippen LogP contribution in [0.5, 0.6) is 5.75 Å². The first-order valence-corrected chi connectivity index (χ1v) is 6.62. The molecule has 0 aliphatic rings. The van der Waals surface area contributed by atoms with Gasteiger partial charge in [-0.25, -0.2) is 4.98 Å². The van der Waals surface area contributed by atoms with E-state index in [4.69, 9.17) is 11.6 Å². The zero-order chi connectivity index (χ0) is 13.9. The minimum absolute atomic E-state index is 0.255. The van der Waals surface area contributed by atoms with Crippen LogP contribution in [0.3, 0.4) is 0 Å². The van der Waals surface area contributed by atoms with Gasteiger partial charge in [-0.3, -0.25) is 0 Å². The maximum atomic E-state index is 9.42. The Morgan fingerprint density at radius 2 is 1.80 bits per heavy atom. The van der Waals surface area contributed by atoms with E-state index in [2.05, 4.69) is 4.98 Å². The molecular weight excluding hydrogens is 270 g/mol. The van der Waals surface area contributed by atoms with Gasteiger partial charge in [-0.1, -0.05) is 41.9 Å². The van der Waals surface area contributed by atoms with Gasteiger partial charge in [0.25, 0.3) is 0 Å². The fourth-order valence-electron chi connectivity index (χ4n) is 2.01. The van der Waals surface area contributed by atoms with E-state index in [1.807, 2.05) is 54.6 Å². The molecule has 0 spiro atoms. The lowest BCUT2D eigenvalue weighted by atomic mass is 10.1. The summed E-state index contributed by atoms with van der Waals surface area (Å²) in [5, 5.41) is 11.2. The molecule has 0 aliphatic carbocycles. The zero-order valence-corrected chi connectivity index (χ0v) is 11.4. The van der Waals surface area contributed by atoms with Crippen LogP contribution in [0, 0.1) is 0 Å². The molecule has 2 nitrogen and oxygen atoms in total. The molecule has 98 valence electrons. The summed E-state index contributed by atoms with van der Waals surface area (Å²) >= 11 is 5.98. The Hall–Kier alpha value is -2.32. The van der Waals surface area contributed by atoms with Gasteiger partial charge >= 0.3 is 0 Å². The van der Waals surface area contributed by atoms with Gasteiger partial charge < -0.3 is 5.11 Å². The van der Waals surface area contributed by atoms with E-state index in [0.717, 1.165) is 22.2 Å². The number of aromatic nitrogens is 1. The van der Waals surface area contributed by atoms with Crippen LogP contribution >= 0.6 is 11.6 Å². The van der Waals surface area contributed by atoms with Crippen LogP contribution < -0.4 is 0 Å². The van der Waals surface area contributed by atoms with E-state index < -0.39 is 0 Å². The molecule has 3 rings (SSSR count). The van der Waals surface area contributed by atoms with E-state index >= 15 is 0 Å². The summed E-state index contributed by atoms with van der Waals surface area (Å²) in [7, 11) is 0. The smallest absolute Gasteiger partial charge is 0.116 e. The van der Waals surface area contributed by atoms with Gasteiger partial charge in [0.2, 0.25) is 0 Å². The molecule has 1 heterocycles. The number of nitrogens with zero attached hydrogens (tertiary/aromatic N) is 1. The molecular formula is C17H12ClNO. The van der Waals surface area contributed by atoms with Crippen LogP contribution in [0.2, 0.25) is 5.02 Å². The number of benzene rings is 2. The van der Waals surface area contributed by atoms with Gasteiger partial charge in [0, 0.05) is 10.4 Å². The summed E-state index contributed by atoms with van der Waals surface area (Å²) in [6.07, 6.45) is 3.83. The highest BCUT2D eigenvalue weighted by molar-refractivity contribution is 6.31. The summed E-state index contributed by atoms with van der Waals surface area (Å²) in [6, 6.07) is 16.7. The van der Waals surface area contributed by atoms with Crippen molar-refractivity contribution >= 4 is 34.7 Å². The average Bonchev–Trinajstić information content (AvgIpc) is 2.45. The summed E-state index contributed by atoms with van der Waals surface area (Å²) in [6.45, 7) is 0. The highest BCUT2D eigenvalue weighted by Crippen LogP contribution is 2.19. The molecule has 0 radical (unpaired) electrons. The highest BCUT2D eigenvalue weighted by Gasteiger charge is 1.97. The Morgan fingerprint density at radius 1 is 0.950 bits per heavy atom. The monoisotopic (exact) mass is 281 g/mol. The topological polar surface area (TPSA) is 33.1 Å². The molecule has 20 heavy (non-hydrogen) atoms. The third-order valence-corrected chi connectivity index (χ3v) is 3.23. The lowest BCUT2D eigenvalue weighted by Crippen LogP contribution is -1.83. The van der Waals surface area contributed by atoms with E-state index in [1.165, 1.54) is 0 Å². The second-order valence-corrected chi connectivity index (χ2v) is 4.94. The number of pyridine rings is 1. The highest BCUT2D eigenvalue weighted by atomic mass is 35.5. The standard InChI is InChI=1S/C17H12ClNO/c18-14-7-5-13-6-9-15(19-17(13)11-14)8-4-12-2-1-3-16(20)10-12/h1-11,20H. The van der Waals surface area contributed by atoms with E-state index in [9.17, 15) is 5.11 Å². The fraction of sp³-hybridized carbons (Fsp3) is 0. The molecule has 0 saturated carbocycles. The third kappa shape index (κ3) is 2.81. The van der Waals surface area contributed by atoms with Crippen molar-refractivity contribution in [3.05, 3.63) is 70.9 Å². The van der Waals surface area contributed by atoms with Crippen LogP contribution in [-0.2, 0) is 0 Å². The van der Waals surface area contributed by atoms with E-state index in [-0.39, 0.29) is 5.75 Å². The summed E-state index contributed by atoms with van der Waals surface area (Å²) in [5.41, 5.74) is 2.65. The third-order valence-electron chi connectivity index (χ3n) is 2.99. The van der Waals surface area contributed by atoms with Crippen molar-refractivity contribution in [2.24, 2.45) is 0 Å². The molecule has 2 aromatic carbocycles. The van der Waals surface area contributed by atoms with Crippen molar-refractivity contribution in [1.29, 1.82) is 0 Å². The first-order chi connectivity index (χ1) is 9.70. The van der Waals surface area contributed by atoms with Crippen LogP contribution in [-0.4, -0.2) is 10.1 Å². The number of hydrogen-bond acceptors (Lipinski definition) is 2. The van der Waals surface area contributed by atoms with Gasteiger partial charge in [0.05, 0.1) is 11.2 Å². The van der Waals surface area contributed by atoms with Gasteiger partial charge in [-0.05, 0) is 42.0 Å². The zero-order valence-electron chi connectivity index (χ0n) is 10.6. The predicted molar refractivity (Wildman–Crippen MR) is 83.8 cm³/mol. The number of halogens is 1. The molecule has 3 aromatic rings. The number of phenolic OH excluding ortho intramolecular Hbond substituents is 1. The maximum Gasteiger partial charge on any atom is 0.116 e.